The molecule has 5 heteroatoms. The van der Waals surface area contributed by atoms with Gasteiger partial charge in [-0.15, -0.1) is 11.3 Å². The van der Waals surface area contributed by atoms with E-state index in [0.29, 0.717) is 36.4 Å². The van der Waals surface area contributed by atoms with E-state index in [0.717, 1.165) is 6.42 Å². The van der Waals surface area contributed by atoms with E-state index in [2.05, 4.69) is 22.0 Å². The second kappa shape index (κ2) is 5.95. The second-order valence-electron chi connectivity index (χ2n) is 4.95. The van der Waals surface area contributed by atoms with Gasteiger partial charge in [0.15, 0.2) is 0 Å². The molecule has 18 heavy (non-hydrogen) atoms. The van der Waals surface area contributed by atoms with Crippen LogP contribution in [-0.2, 0) is 6.42 Å². The molecule has 2 rings (SSSR count). The maximum atomic E-state index is 12.6. The smallest absolute Gasteiger partial charge is 0.171 e. The number of thiophene rings is 1. The molecule has 0 nitrogen and oxygen atoms in total. The molecule has 1 unspecified atom stereocenters. The average molecular weight is 341 g/mol. The molecule has 0 saturated heterocycles. The third-order valence-corrected chi connectivity index (χ3v) is 5.69. The molecule has 1 fully saturated rings. The minimum Gasteiger partial charge on any atom is -0.171 e. The van der Waals surface area contributed by atoms with Gasteiger partial charge >= 0.3 is 6.18 Å². The molecule has 102 valence electrons. The van der Waals surface area contributed by atoms with Crippen molar-refractivity contribution in [3.63, 3.8) is 0 Å². The zero-order valence-electron chi connectivity index (χ0n) is 9.92. The Labute approximate surface area is 118 Å². The predicted octanol–water partition coefficient (Wildman–Crippen LogP) is 5.42. The lowest BCUT2D eigenvalue weighted by Gasteiger charge is -2.32. The summed E-state index contributed by atoms with van der Waals surface area (Å²) < 4.78 is 37.7. The molecular weight excluding hydrogens is 325 g/mol. The Balaban J connectivity index is 1.82. The first-order chi connectivity index (χ1) is 8.47. The van der Waals surface area contributed by atoms with Crippen LogP contribution in [0.25, 0.3) is 0 Å². The van der Waals surface area contributed by atoms with E-state index in [1.165, 1.54) is 4.88 Å². The van der Waals surface area contributed by atoms with Crippen molar-refractivity contribution in [3.8, 4) is 0 Å². The first kappa shape index (κ1) is 14.4. The van der Waals surface area contributed by atoms with E-state index >= 15 is 0 Å². The standard InChI is InChI=1S/C13H16BrF3S/c14-12(8-11-2-1-7-18-11)9-3-5-10(6-4-9)13(15,16)17/h1-2,7,9-10,12H,3-6,8H2. The highest BCUT2D eigenvalue weighted by Crippen LogP contribution is 2.42. The summed E-state index contributed by atoms with van der Waals surface area (Å²) in [6, 6.07) is 4.10. The van der Waals surface area contributed by atoms with Crippen LogP contribution < -0.4 is 0 Å². The lowest BCUT2D eigenvalue weighted by molar-refractivity contribution is -0.183. The topological polar surface area (TPSA) is 0 Å². The van der Waals surface area contributed by atoms with Gasteiger partial charge in [-0.2, -0.15) is 13.2 Å². The minimum atomic E-state index is -4.00. The SMILES string of the molecule is FC(F)(F)C1CCC(C(Br)Cc2cccs2)CC1. The molecule has 1 aliphatic carbocycles. The lowest BCUT2D eigenvalue weighted by Crippen LogP contribution is -2.30. The predicted molar refractivity (Wildman–Crippen MR) is 72.2 cm³/mol. The maximum Gasteiger partial charge on any atom is 0.391 e. The lowest BCUT2D eigenvalue weighted by atomic mass is 9.79. The van der Waals surface area contributed by atoms with Crippen molar-refractivity contribution in [2.45, 2.75) is 43.1 Å². The molecular formula is C13H16BrF3S. The van der Waals surface area contributed by atoms with Gasteiger partial charge in [0, 0.05) is 9.70 Å². The van der Waals surface area contributed by atoms with Crippen molar-refractivity contribution in [2.24, 2.45) is 11.8 Å². The van der Waals surface area contributed by atoms with E-state index in [9.17, 15) is 13.2 Å². The Morgan fingerprint density at radius 1 is 1.28 bits per heavy atom. The largest absolute Gasteiger partial charge is 0.391 e. The summed E-state index contributed by atoms with van der Waals surface area (Å²) in [7, 11) is 0. The molecule has 0 amide bonds. The second-order valence-corrected chi connectivity index (χ2v) is 7.16. The third-order valence-electron chi connectivity index (χ3n) is 3.72. The summed E-state index contributed by atoms with van der Waals surface area (Å²) in [6.45, 7) is 0. The normalized spacial score (nSPS) is 27.1. The monoisotopic (exact) mass is 340 g/mol. The van der Waals surface area contributed by atoms with Crippen LogP contribution in [0.15, 0.2) is 17.5 Å². The van der Waals surface area contributed by atoms with E-state index in [1.807, 2.05) is 11.4 Å². The van der Waals surface area contributed by atoms with Crippen molar-refractivity contribution >= 4 is 27.3 Å². The van der Waals surface area contributed by atoms with Crippen molar-refractivity contribution in [1.29, 1.82) is 0 Å². The van der Waals surface area contributed by atoms with E-state index in [-0.39, 0.29) is 0 Å². The fourth-order valence-corrected chi connectivity index (χ4v) is 4.45. The summed E-state index contributed by atoms with van der Waals surface area (Å²) in [5, 5.41) is 2.04. The quantitative estimate of drug-likeness (QED) is 0.644. The molecule has 0 bridgehead atoms. The van der Waals surface area contributed by atoms with Gasteiger partial charge in [-0.3, -0.25) is 0 Å². The number of rotatable bonds is 3. The van der Waals surface area contributed by atoms with Gasteiger partial charge in [0.25, 0.3) is 0 Å². The van der Waals surface area contributed by atoms with Crippen LogP contribution >= 0.6 is 27.3 Å². The highest BCUT2D eigenvalue weighted by molar-refractivity contribution is 9.09. The zero-order chi connectivity index (χ0) is 13.2. The van der Waals surface area contributed by atoms with Gasteiger partial charge in [0.2, 0.25) is 0 Å². The summed E-state index contributed by atoms with van der Waals surface area (Å²) in [4.78, 5) is 1.61. The van der Waals surface area contributed by atoms with Crippen LogP contribution in [0.3, 0.4) is 0 Å². The van der Waals surface area contributed by atoms with Crippen molar-refractivity contribution in [1.82, 2.24) is 0 Å². The van der Waals surface area contributed by atoms with Gasteiger partial charge in [-0.1, -0.05) is 22.0 Å². The highest BCUT2D eigenvalue weighted by Gasteiger charge is 2.42. The Morgan fingerprint density at radius 2 is 1.94 bits per heavy atom. The molecule has 0 aromatic carbocycles. The first-order valence-electron chi connectivity index (χ1n) is 6.20. The van der Waals surface area contributed by atoms with Crippen molar-refractivity contribution in [2.75, 3.05) is 0 Å². The van der Waals surface area contributed by atoms with Crippen molar-refractivity contribution < 1.29 is 13.2 Å². The third kappa shape index (κ3) is 3.73. The molecule has 1 atom stereocenters. The van der Waals surface area contributed by atoms with Crippen LogP contribution in [0.5, 0.6) is 0 Å². The van der Waals surface area contributed by atoms with Crippen LogP contribution in [0, 0.1) is 11.8 Å². The van der Waals surface area contributed by atoms with Gasteiger partial charge in [0.05, 0.1) is 5.92 Å². The van der Waals surface area contributed by atoms with E-state index in [1.54, 1.807) is 11.3 Å². The van der Waals surface area contributed by atoms with Gasteiger partial charge < -0.3 is 0 Å². The molecule has 1 saturated carbocycles. The number of hydrogen-bond acceptors (Lipinski definition) is 1. The first-order valence-corrected chi connectivity index (χ1v) is 7.99. The molecule has 1 aromatic rings. The van der Waals surface area contributed by atoms with Gasteiger partial charge in [0.1, 0.15) is 0 Å². The maximum absolute atomic E-state index is 12.6. The Hall–Kier alpha value is -0.0300. The Kier molecular flexibility index (Phi) is 4.75. The molecule has 1 aliphatic rings. The number of hydrogen-bond donors (Lipinski definition) is 0. The fraction of sp³-hybridized carbons (Fsp3) is 0.692. The number of halogens is 4. The average Bonchev–Trinajstić information content (AvgIpc) is 2.81. The van der Waals surface area contributed by atoms with Gasteiger partial charge in [-0.05, 0) is 49.5 Å². The molecule has 0 radical (unpaired) electrons. The van der Waals surface area contributed by atoms with E-state index < -0.39 is 12.1 Å². The molecule has 1 aromatic heterocycles. The zero-order valence-corrected chi connectivity index (χ0v) is 12.3. The minimum absolute atomic E-state index is 0.292. The number of alkyl halides is 4. The summed E-state index contributed by atoms with van der Waals surface area (Å²) >= 11 is 5.37. The van der Waals surface area contributed by atoms with Crippen molar-refractivity contribution in [3.05, 3.63) is 22.4 Å². The van der Waals surface area contributed by atoms with Crippen LogP contribution in [0.4, 0.5) is 13.2 Å². The molecule has 0 spiro atoms. The Morgan fingerprint density at radius 3 is 2.44 bits per heavy atom. The molecule has 0 N–H and O–H groups in total. The summed E-state index contributed by atoms with van der Waals surface area (Å²) in [6.07, 6.45) is -1.11. The molecule has 1 heterocycles. The molecule has 0 aliphatic heterocycles. The van der Waals surface area contributed by atoms with Crippen LogP contribution in [0.1, 0.15) is 30.6 Å². The van der Waals surface area contributed by atoms with E-state index in [4.69, 9.17) is 0 Å². The Bertz CT molecular complexity index is 353. The summed E-state index contributed by atoms with van der Waals surface area (Å²) in [5.74, 6) is -0.694. The summed E-state index contributed by atoms with van der Waals surface area (Å²) in [5.41, 5.74) is 0. The highest BCUT2D eigenvalue weighted by atomic mass is 79.9. The van der Waals surface area contributed by atoms with Gasteiger partial charge in [-0.25, -0.2) is 0 Å². The van der Waals surface area contributed by atoms with Crippen LogP contribution in [-0.4, -0.2) is 11.0 Å². The van der Waals surface area contributed by atoms with Crippen LogP contribution in [0.2, 0.25) is 0 Å². The fourth-order valence-electron chi connectivity index (χ4n) is 2.60.